The molecule has 1 saturated heterocycles. The smallest absolute Gasteiger partial charge is 0.0630 e. The third kappa shape index (κ3) is 2.93. The quantitative estimate of drug-likeness (QED) is 0.861. The van der Waals surface area contributed by atoms with Gasteiger partial charge in [-0.2, -0.15) is 0 Å². The Labute approximate surface area is 130 Å². The zero-order chi connectivity index (χ0) is 14.8. The lowest BCUT2D eigenvalue weighted by Crippen LogP contribution is -2.47. The fourth-order valence-electron chi connectivity index (χ4n) is 2.95. The van der Waals surface area contributed by atoms with Crippen molar-refractivity contribution in [3.63, 3.8) is 0 Å². The summed E-state index contributed by atoms with van der Waals surface area (Å²) < 4.78 is 0. The summed E-state index contributed by atoms with van der Waals surface area (Å²) in [6.07, 6.45) is 0. The third-order valence-corrected chi connectivity index (χ3v) is 4.31. The first-order valence-electron chi connectivity index (χ1n) is 7.26. The second-order valence-electron chi connectivity index (χ2n) is 5.46. The van der Waals surface area contributed by atoms with Crippen LogP contribution in [0.25, 0.3) is 0 Å². The van der Waals surface area contributed by atoms with Crippen LogP contribution in [0, 0.1) is 6.92 Å². The van der Waals surface area contributed by atoms with E-state index in [1.165, 1.54) is 16.9 Å². The second-order valence-corrected chi connectivity index (χ2v) is 5.90. The first kappa shape index (κ1) is 14.1. The highest BCUT2D eigenvalue weighted by atomic mass is 35.5. The van der Waals surface area contributed by atoms with Crippen LogP contribution in [0.5, 0.6) is 0 Å². The fraction of sp³-hybridized carbons (Fsp3) is 0.294. The first-order chi connectivity index (χ1) is 10.1. The molecule has 2 N–H and O–H groups in total. The highest BCUT2D eigenvalue weighted by Crippen LogP contribution is 2.29. The van der Waals surface area contributed by atoms with Crippen molar-refractivity contribution in [2.75, 3.05) is 41.7 Å². The van der Waals surface area contributed by atoms with Crippen molar-refractivity contribution in [1.29, 1.82) is 0 Å². The van der Waals surface area contributed by atoms with Crippen LogP contribution in [0.1, 0.15) is 5.56 Å². The van der Waals surface area contributed by atoms with E-state index in [1.807, 2.05) is 24.3 Å². The van der Waals surface area contributed by atoms with E-state index >= 15 is 0 Å². The van der Waals surface area contributed by atoms with Crippen LogP contribution in [0.2, 0.25) is 5.02 Å². The number of halogens is 1. The largest absolute Gasteiger partial charge is 0.397 e. The Morgan fingerprint density at radius 2 is 1.52 bits per heavy atom. The highest BCUT2D eigenvalue weighted by Gasteiger charge is 2.20. The van der Waals surface area contributed by atoms with Gasteiger partial charge in [0.1, 0.15) is 0 Å². The van der Waals surface area contributed by atoms with E-state index in [4.69, 9.17) is 17.3 Å². The number of aryl methyl sites for hydroxylation is 1. The third-order valence-electron chi connectivity index (χ3n) is 4.06. The topological polar surface area (TPSA) is 32.5 Å². The molecular weight excluding hydrogens is 282 g/mol. The standard InChI is InChI=1S/C17H20ClN3/c1-13-3-2-4-16(19)17(13)21-11-9-20(10-12-21)15-7-5-14(18)6-8-15/h2-8H,9-12,19H2,1H3. The Bertz CT molecular complexity index is 596. The number of hydrogen-bond donors (Lipinski definition) is 1. The number of piperazine rings is 1. The van der Waals surface area contributed by atoms with E-state index in [9.17, 15) is 0 Å². The zero-order valence-electron chi connectivity index (χ0n) is 12.2. The molecule has 4 heteroatoms. The SMILES string of the molecule is Cc1cccc(N)c1N1CCN(c2ccc(Cl)cc2)CC1. The molecule has 21 heavy (non-hydrogen) atoms. The van der Waals surface area contributed by atoms with Crippen molar-refractivity contribution < 1.29 is 0 Å². The molecule has 0 bridgehead atoms. The summed E-state index contributed by atoms with van der Waals surface area (Å²) in [6.45, 7) is 6.08. The van der Waals surface area contributed by atoms with E-state index in [-0.39, 0.29) is 0 Å². The lowest BCUT2D eigenvalue weighted by molar-refractivity contribution is 0.653. The molecule has 0 unspecified atom stereocenters. The molecule has 1 aliphatic heterocycles. The summed E-state index contributed by atoms with van der Waals surface area (Å²) in [7, 11) is 0. The maximum absolute atomic E-state index is 6.14. The van der Waals surface area contributed by atoms with Crippen LogP contribution >= 0.6 is 11.6 Å². The number of anilines is 3. The van der Waals surface area contributed by atoms with Gasteiger partial charge in [0.2, 0.25) is 0 Å². The summed E-state index contributed by atoms with van der Waals surface area (Å²) in [5, 5.41) is 0.782. The maximum atomic E-state index is 6.14. The molecular formula is C17H20ClN3. The molecule has 0 atom stereocenters. The normalized spacial score (nSPS) is 15.3. The van der Waals surface area contributed by atoms with Gasteiger partial charge in [0, 0.05) is 36.9 Å². The summed E-state index contributed by atoms with van der Waals surface area (Å²) >= 11 is 5.95. The Hall–Kier alpha value is -1.87. The predicted octanol–water partition coefficient (Wildman–Crippen LogP) is 3.56. The van der Waals surface area contributed by atoms with Gasteiger partial charge in [-0.1, -0.05) is 23.7 Å². The molecule has 0 aliphatic carbocycles. The summed E-state index contributed by atoms with van der Waals surface area (Å²) in [6, 6.07) is 14.2. The monoisotopic (exact) mass is 301 g/mol. The van der Waals surface area contributed by atoms with E-state index in [0.717, 1.165) is 36.9 Å². The van der Waals surface area contributed by atoms with Crippen LogP contribution in [0.15, 0.2) is 42.5 Å². The van der Waals surface area contributed by atoms with Gasteiger partial charge < -0.3 is 15.5 Å². The second kappa shape index (κ2) is 5.86. The van der Waals surface area contributed by atoms with E-state index < -0.39 is 0 Å². The van der Waals surface area contributed by atoms with E-state index in [1.54, 1.807) is 0 Å². The molecule has 0 amide bonds. The minimum atomic E-state index is 0.782. The van der Waals surface area contributed by atoms with Gasteiger partial charge in [0.15, 0.2) is 0 Å². The molecule has 3 nitrogen and oxygen atoms in total. The lowest BCUT2D eigenvalue weighted by atomic mass is 10.1. The fourth-order valence-corrected chi connectivity index (χ4v) is 3.08. The first-order valence-corrected chi connectivity index (χ1v) is 7.63. The number of para-hydroxylation sites is 1. The van der Waals surface area contributed by atoms with Gasteiger partial charge in [-0.05, 0) is 42.8 Å². The van der Waals surface area contributed by atoms with Crippen molar-refractivity contribution in [2.45, 2.75) is 6.92 Å². The van der Waals surface area contributed by atoms with Gasteiger partial charge >= 0.3 is 0 Å². The molecule has 0 aromatic heterocycles. The van der Waals surface area contributed by atoms with Crippen LogP contribution in [-0.2, 0) is 0 Å². The average molecular weight is 302 g/mol. The molecule has 1 heterocycles. The number of nitrogen functional groups attached to an aromatic ring is 1. The minimum Gasteiger partial charge on any atom is -0.397 e. The summed E-state index contributed by atoms with van der Waals surface area (Å²) in [4.78, 5) is 4.78. The highest BCUT2D eigenvalue weighted by molar-refractivity contribution is 6.30. The molecule has 1 fully saturated rings. The van der Waals surface area contributed by atoms with Gasteiger partial charge in [0.05, 0.1) is 11.4 Å². The minimum absolute atomic E-state index is 0.782. The Balaban J connectivity index is 1.72. The number of nitrogens with two attached hydrogens (primary N) is 1. The molecule has 0 saturated carbocycles. The molecule has 2 aromatic rings. The van der Waals surface area contributed by atoms with Crippen molar-refractivity contribution in [2.24, 2.45) is 0 Å². The van der Waals surface area contributed by atoms with Crippen molar-refractivity contribution in [3.05, 3.63) is 53.1 Å². The van der Waals surface area contributed by atoms with Crippen molar-refractivity contribution in [3.8, 4) is 0 Å². The number of benzene rings is 2. The van der Waals surface area contributed by atoms with Crippen molar-refractivity contribution >= 4 is 28.7 Å². The van der Waals surface area contributed by atoms with Crippen LogP contribution in [-0.4, -0.2) is 26.2 Å². The lowest BCUT2D eigenvalue weighted by Gasteiger charge is -2.38. The Morgan fingerprint density at radius 1 is 0.905 bits per heavy atom. The van der Waals surface area contributed by atoms with Crippen molar-refractivity contribution in [1.82, 2.24) is 0 Å². The summed E-state index contributed by atoms with van der Waals surface area (Å²) in [5.74, 6) is 0. The molecule has 0 radical (unpaired) electrons. The number of hydrogen-bond acceptors (Lipinski definition) is 3. The zero-order valence-corrected chi connectivity index (χ0v) is 13.0. The predicted molar refractivity (Wildman–Crippen MR) is 91.5 cm³/mol. The molecule has 110 valence electrons. The van der Waals surface area contributed by atoms with Gasteiger partial charge in [-0.15, -0.1) is 0 Å². The van der Waals surface area contributed by atoms with Crippen LogP contribution in [0.4, 0.5) is 17.1 Å². The molecule has 1 aliphatic rings. The Morgan fingerprint density at radius 3 is 2.14 bits per heavy atom. The van der Waals surface area contributed by atoms with Gasteiger partial charge in [-0.25, -0.2) is 0 Å². The summed E-state index contributed by atoms with van der Waals surface area (Å²) in [5.41, 5.74) is 10.7. The maximum Gasteiger partial charge on any atom is 0.0630 e. The molecule has 0 spiro atoms. The van der Waals surface area contributed by atoms with E-state index in [0.29, 0.717) is 0 Å². The number of nitrogens with zero attached hydrogens (tertiary/aromatic N) is 2. The van der Waals surface area contributed by atoms with Crippen LogP contribution in [0.3, 0.4) is 0 Å². The molecule has 2 aromatic carbocycles. The van der Waals surface area contributed by atoms with Gasteiger partial charge in [0.25, 0.3) is 0 Å². The van der Waals surface area contributed by atoms with Gasteiger partial charge in [-0.3, -0.25) is 0 Å². The number of rotatable bonds is 2. The van der Waals surface area contributed by atoms with E-state index in [2.05, 4.69) is 34.9 Å². The van der Waals surface area contributed by atoms with Crippen LogP contribution < -0.4 is 15.5 Å². The Kier molecular flexibility index (Phi) is 3.93. The molecule has 3 rings (SSSR count). The average Bonchev–Trinajstić information content (AvgIpc) is 2.49.